The molecule has 1 amide bonds. The normalized spacial score (nSPS) is 22.8. The summed E-state index contributed by atoms with van der Waals surface area (Å²) in [5.41, 5.74) is 7.39. The van der Waals surface area contributed by atoms with Crippen LogP contribution in [-0.2, 0) is 11.2 Å². The van der Waals surface area contributed by atoms with Crippen LogP contribution < -0.4 is 11.1 Å². The molecule has 0 radical (unpaired) electrons. The van der Waals surface area contributed by atoms with Gasteiger partial charge in [-0.3, -0.25) is 4.79 Å². The number of nitrogens with two attached hydrogens (primary N) is 1. The van der Waals surface area contributed by atoms with Gasteiger partial charge in [0, 0.05) is 11.7 Å². The van der Waals surface area contributed by atoms with Gasteiger partial charge in [-0.05, 0) is 49.1 Å². The zero-order valence-corrected chi connectivity index (χ0v) is 12.6. The lowest BCUT2D eigenvalue weighted by Crippen LogP contribution is -2.28. The summed E-state index contributed by atoms with van der Waals surface area (Å²) < 4.78 is 0. The van der Waals surface area contributed by atoms with Crippen LogP contribution in [0.15, 0.2) is 24.3 Å². The maximum Gasteiger partial charge on any atom is 0.221 e. The molecule has 3 nitrogen and oxygen atoms in total. The van der Waals surface area contributed by atoms with Gasteiger partial charge in [0.15, 0.2) is 0 Å². The summed E-state index contributed by atoms with van der Waals surface area (Å²) in [6.45, 7) is 4.64. The third-order valence-electron chi connectivity index (χ3n) is 4.46. The predicted molar refractivity (Wildman–Crippen MR) is 83.5 cm³/mol. The molecule has 1 aliphatic rings. The van der Waals surface area contributed by atoms with E-state index in [0.29, 0.717) is 12.5 Å². The second kappa shape index (κ2) is 6.78. The number of hydrogen-bond acceptors (Lipinski definition) is 2. The van der Waals surface area contributed by atoms with E-state index >= 15 is 0 Å². The van der Waals surface area contributed by atoms with E-state index in [1.807, 2.05) is 24.3 Å². The van der Waals surface area contributed by atoms with Crippen LogP contribution >= 0.6 is 0 Å². The maximum absolute atomic E-state index is 11.1. The summed E-state index contributed by atoms with van der Waals surface area (Å²) in [7, 11) is 0. The molecule has 3 heteroatoms. The van der Waals surface area contributed by atoms with Crippen molar-refractivity contribution >= 4 is 11.6 Å². The molecule has 0 heterocycles. The van der Waals surface area contributed by atoms with Gasteiger partial charge < -0.3 is 11.1 Å². The van der Waals surface area contributed by atoms with Gasteiger partial charge in [0.25, 0.3) is 0 Å². The smallest absolute Gasteiger partial charge is 0.221 e. The van der Waals surface area contributed by atoms with Crippen LogP contribution in [-0.4, -0.2) is 11.9 Å². The highest BCUT2D eigenvalue weighted by Crippen LogP contribution is 2.31. The average Bonchev–Trinajstić information content (AvgIpc) is 2.41. The van der Waals surface area contributed by atoms with Crippen LogP contribution in [0.25, 0.3) is 0 Å². The SMILES string of the molecule is CC(C)C1CCC(Nc2ccccc2CC(N)=O)CC1. The number of rotatable bonds is 5. The van der Waals surface area contributed by atoms with E-state index in [2.05, 4.69) is 19.2 Å². The fourth-order valence-corrected chi connectivity index (χ4v) is 3.15. The Bertz CT molecular complexity index is 448. The monoisotopic (exact) mass is 274 g/mol. The molecule has 0 bridgehead atoms. The lowest BCUT2D eigenvalue weighted by molar-refractivity contribution is -0.117. The average molecular weight is 274 g/mol. The fraction of sp³-hybridized carbons (Fsp3) is 0.588. The first-order valence-electron chi connectivity index (χ1n) is 7.69. The van der Waals surface area contributed by atoms with E-state index in [9.17, 15) is 4.79 Å². The lowest BCUT2D eigenvalue weighted by atomic mass is 9.79. The second-order valence-electron chi connectivity index (χ2n) is 6.30. The summed E-state index contributed by atoms with van der Waals surface area (Å²) in [4.78, 5) is 11.1. The highest BCUT2D eigenvalue weighted by molar-refractivity contribution is 5.78. The quantitative estimate of drug-likeness (QED) is 0.865. The van der Waals surface area contributed by atoms with Crippen LogP contribution in [0, 0.1) is 11.8 Å². The van der Waals surface area contributed by atoms with Crippen molar-refractivity contribution in [2.75, 3.05) is 5.32 Å². The van der Waals surface area contributed by atoms with Crippen LogP contribution in [0.4, 0.5) is 5.69 Å². The van der Waals surface area contributed by atoms with Crippen LogP contribution in [0.3, 0.4) is 0 Å². The topological polar surface area (TPSA) is 55.1 Å². The molecule has 1 fully saturated rings. The number of amides is 1. The van der Waals surface area contributed by atoms with Crippen molar-refractivity contribution in [3.8, 4) is 0 Å². The largest absolute Gasteiger partial charge is 0.382 e. The van der Waals surface area contributed by atoms with Gasteiger partial charge in [-0.25, -0.2) is 0 Å². The molecule has 20 heavy (non-hydrogen) atoms. The van der Waals surface area contributed by atoms with E-state index in [1.54, 1.807) is 0 Å². The predicted octanol–water partition coefficient (Wildman–Crippen LogP) is 3.34. The Hall–Kier alpha value is -1.51. The van der Waals surface area contributed by atoms with Gasteiger partial charge in [-0.1, -0.05) is 32.0 Å². The number of hydrogen-bond donors (Lipinski definition) is 2. The zero-order chi connectivity index (χ0) is 14.5. The third-order valence-corrected chi connectivity index (χ3v) is 4.46. The molecule has 1 aliphatic carbocycles. The van der Waals surface area contributed by atoms with Crippen molar-refractivity contribution in [3.05, 3.63) is 29.8 Å². The second-order valence-corrected chi connectivity index (χ2v) is 6.30. The van der Waals surface area contributed by atoms with Crippen molar-refractivity contribution in [1.82, 2.24) is 0 Å². The zero-order valence-electron chi connectivity index (χ0n) is 12.6. The first kappa shape index (κ1) is 14.9. The molecule has 110 valence electrons. The van der Waals surface area contributed by atoms with Crippen molar-refractivity contribution in [1.29, 1.82) is 0 Å². The number of carbonyl (C=O) groups excluding carboxylic acids is 1. The minimum atomic E-state index is -0.275. The molecule has 0 atom stereocenters. The number of primary amides is 1. The van der Waals surface area contributed by atoms with E-state index in [4.69, 9.17) is 5.73 Å². The van der Waals surface area contributed by atoms with E-state index in [-0.39, 0.29) is 5.91 Å². The lowest BCUT2D eigenvalue weighted by Gasteiger charge is -2.32. The fourth-order valence-electron chi connectivity index (χ4n) is 3.15. The summed E-state index contributed by atoms with van der Waals surface area (Å²) in [5.74, 6) is 1.38. The van der Waals surface area contributed by atoms with Crippen molar-refractivity contribution in [2.24, 2.45) is 17.6 Å². The highest BCUT2D eigenvalue weighted by Gasteiger charge is 2.23. The third kappa shape index (κ3) is 3.99. The Labute approximate surface area is 121 Å². The van der Waals surface area contributed by atoms with E-state index in [0.717, 1.165) is 23.1 Å². The first-order chi connectivity index (χ1) is 9.56. The molecule has 0 aromatic heterocycles. The summed E-state index contributed by atoms with van der Waals surface area (Å²) in [5, 5.41) is 3.61. The van der Waals surface area contributed by atoms with Gasteiger partial charge >= 0.3 is 0 Å². The summed E-state index contributed by atoms with van der Waals surface area (Å²) >= 11 is 0. The van der Waals surface area contributed by atoms with Gasteiger partial charge in [0.1, 0.15) is 0 Å². The summed E-state index contributed by atoms with van der Waals surface area (Å²) in [6, 6.07) is 8.52. The molecule has 2 rings (SSSR count). The minimum absolute atomic E-state index is 0.275. The molecule has 0 unspecified atom stereocenters. The summed E-state index contributed by atoms with van der Waals surface area (Å²) in [6.07, 6.45) is 5.34. The van der Waals surface area contributed by atoms with Crippen LogP contribution in [0.2, 0.25) is 0 Å². The number of carbonyl (C=O) groups is 1. The Balaban J connectivity index is 1.96. The molecule has 3 N–H and O–H groups in total. The number of nitrogens with one attached hydrogen (secondary N) is 1. The first-order valence-corrected chi connectivity index (χ1v) is 7.69. The minimum Gasteiger partial charge on any atom is -0.382 e. The van der Waals surface area contributed by atoms with Gasteiger partial charge in [0.05, 0.1) is 6.42 Å². The van der Waals surface area contributed by atoms with E-state index < -0.39 is 0 Å². The maximum atomic E-state index is 11.1. The van der Waals surface area contributed by atoms with Gasteiger partial charge in [0.2, 0.25) is 5.91 Å². The van der Waals surface area contributed by atoms with Crippen LogP contribution in [0.1, 0.15) is 45.1 Å². The molecule has 1 saturated carbocycles. The Kier molecular flexibility index (Phi) is 5.05. The standard InChI is InChI=1S/C17H26N2O/c1-12(2)13-7-9-15(10-8-13)19-16-6-4-3-5-14(16)11-17(18)20/h3-6,12-13,15,19H,7-11H2,1-2H3,(H2,18,20). The highest BCUT2D eigenvalue weighted by atomic mass is 16.1. The molecular weight excluding hydrogens is 248 g/mol. The Morgan fingerprint density at radius 3 is 2.50 bits per heavy atom. The van der Waals surface area contributed by atoms with Crippen molar-refractivity contribution < 1.29 is 4.79 Å². The molecule has 0 spiro atoms. The number of benzene rings is 1. The number of anilines is 1. The van der Waals surface area contributed by atoms with Gasteiger partial charge in [-0.2, -0.15) is 0 Å². The van der Waals surface area contributed by atoms with Crippen molar-refractivity contribution in [2.45, 2.75) is 52.0 Å². The molecule has 1 aromatic carbocycles. The van der Waals surface area contributed by atoms with Crippen LogP contribution in [0.5, 0.6) is 0 Å². The van der Waals surface area contributed by atoms with Gasteiger partial charge in [-0.15, -0.1) is 0 Å². The molecular formula is C17H26N2O. The molecule has 1 aromatic rings. The molecule has 0 saturated heterocycles. The Morgan fingerprint density at radius 2 is 1.90 bits per heavy atom. The van der Waals surface area contributed by atoms with E-state index in [1.165, 1.54) is 25.7 Å². The van der Waals surface area contributed by atoms with Crippen molar-refractivity contribution in [3.63, 3.8) is 0 Å². The number of para-hydroxylation sites is 1. The Morgan fingerprint density at radius 1 is 1.25 bits per heavy atom. The molecule has 0 aliphatic heterocycles.